The molecule has 130 valence electrons. The average molecular weight is 451 g/mol. The molecule has 0 fully saturated rings. The van der Waals surface area contributed by atoms with Gasteiger partial charge in [-0.05, 0) is 46.9 Å². The van der Waals surface area contributed by atoms with Crippen LogP contribution in [0.1, 0.15) is 0 Å². The number of fused-ring (bicyclic) bond motifs is 1. The van der Waals surface area contributed by atoms with Crippen molar-refractivity contribution in [3.05, 3.63) is 52.1 Å². The van der Waals surface area contributed by atoms with E-state index < -0.39 is 6.10 Å². The van der Waals surface area contributed by atoms with Crippen LogP contribution in [-0.2, 0) is 9.59 Å². The molecule has 0 unspecified atom stereocenters. The van der Waals surface area contributed by atoms with E-state index >= 15 is 0 Å². The Morgan fingerprint density at radius 1 is 1.20 bits per heavy atom. The van der Waals surface area contributed by atoms with Crippen LogP contribution < -0.4 is 20.3 Å². The second kappa shape index (κ2) is 7.73. The van der Waals surface area contributed by atoms with Crippen molar-refractivity contribution in [2.45, 2.75) is 6.10 Å². The summed E-state index contributed by atoms with van der Waals surface area (Å²) in [5.41, 5.74) is 1.58. The molecule has 0 radical (unpaired) electrons. The summed E-state index contributed by atoms with van der Waals surface area (Å²) in [7, 11) is 1.57. The van der Waals surface area contributed by atoms with Gasteiger partial charge in [0, 0.05) is 10.6 Å². The van der Waals surface area contributed by atoms with Gasteiger partial charge in [-0.25, -0.2) is 0 Å². The van der Waals surface area contributed by atoms with Crippen molar-refractivity contribution in [2.24, 2.45) is 0 Å². The summed E-state index contributed by atoms with van der Waals surface area (Å²) in [6.45, 7) is 0.453. The molecule has 0 saturated heterocycles. The predicted octanol–water partition coefficient (Wildman–Crippen LogP) is 2.24. The first kappa shape index (κ1) is 17.5. The Morgan fingerprint density at radius 2 is 1.92 bits per heavy atom. The summed E-state index contributed by atoms with van der Waals surface area (Å²) >= 11 is 2.18. The van der Waals surface area contributed by atoms with Gasteiger partial charge in [0.2, 0.25) is 5.91 Å². The van der Waals surface area contributed by atoms with Crippen LogP contribution in [0.5, 0.6) is 5.75 Å². The SMILES string of the molecule is CNC(=O)[C@H]1CN(CC(=O)Nc2ccccc2I)c2ccccc2O1. The van der Waals surface area contributed by atoms with Gasteiger partial charge in [-0.1, -0.05) is 24.3 Å². The topological polar surface area (TPSA) is 70.7 Å². The van der Waals surface area contributed by atoms with Gasteiger partial charge in [-0.15, -0.1) is 0 Å². The van der Waals surface area contributed by atoms with Crippen molar-refractivity contribution >= 4 is 45.8 Å². The molecule has 1 atom stereocenters. The number of benzene rings is 2. The third kappa shape index (κ3) is 4.04. The zero-order valence-corrected chi connectivity index (χ0v) is 15.8. The Hall–Kier alpha value is -2.29. The number of para-hydroxylation sites is 3. The minimum Gasteiger partial charge on any atom is -0.477 e. The van der Waals surface area contributed by atoms with Gasteiger partial charge in [-0.2, -0.15) is 0 Å². The van der Waals surface area contributed by atoms with Crippen molar-refractivity contribution in [3.8, 4) is 5.75 Å². The molecule has 0 saturated carbocycles. The minimum atomic E-state index is -0.649. The van der Waals surface area contributed by atoms with Gasteiger partial charge in [0.15, 0.2) is 6.10 Å². The van der Waals surface area contributed by atoms with Crippen LogP contribution in [0.25, 0.3) is 0 Å². The molecule has 25 heavy (non-hydrogen) atoms. The number of carbonyl (C=O) groups is 2. The Balaban J connectivity index is 1.77. The van der Waals surface area contributed by atoms with Crippen LogP contribution in [0.4, 0.5) is 11.4 Å². The molecule has 2 amide bonds. The van der Waals surface area contributed by atoms with Crippen LogP contribution in [-0.4, -0.2) is 38.1 Å². The maximum Gasteiger partial charge on any atom is 0.262 e. The largest absolute Gasteiger partial charge is 0.477 e. The monoisotopic (exact) mass is 451 g/mol. The van der Waals surface area contributed by atoms with Gasteiger partial charge in [0.25, 0.3) is 5.91 Å². The number of likely N-dealkylation sites (N-methyl/N-ethyl adjacent to an activating group) is 1. The molecule has 2 aromatic carbocycles. The molecule has 2 aromatic rings. The number of nitrogens with zero attached hydrogens (tertiary/aromatic N) is 1. The van der Waals surface area contributed by atoms with Crippen molar-refractivity contribution < 1.29 is 14.3 Å². The van der Waals surface area contributed by atoms with Crippen LogP contribution >= 0.6 is 22.6 Å². The van der Waals surface area contributed by atoms with Crippen LogP contribution in [0.2, 0.25) is 0 Å². The Morgan fingerprint density at radius 3 is 2.68 bits per heavy atom. The van der Waals surface area contributed by atoms with Crippen LogP contribution in [0.3, 0.4) is 0 Å². The van der Waals surface area contributed by atoms with Crippen molar-refractivity contribution in [1.82, 2.24) is 5.32 Å². The fraction of sp³-hybridized carbons (Fsp3) is 0.222. The van der Waals surface area contributed by atoms with Gasteiger partial charge in [0.1, 0.15) is 5.75 Å². The molecular formula is C18H18IN3O3. The zero-order chi connectivity index (χ0) is 17.8. The van der Waals surface area contributed by atoms with Gasteiger partial charge in [0.05, 0.1) is 24.5 Å². The number of anilines is 2. The first-order valence-corrected chi connectivity index (χ1v) is 8.93. The number of amides is 2. The number of hydrogen-bond acceptors (Lipinski definition) is 4. The fourth-order valence-electron chi connectivity index (χ4n) is 2.68. The summed E-state index contributed by atoms with van der Waals surface area (Å²) in [5, 5.41) is 5.51. The highest BCUT2D eigenvalue weighted by Crippen LogP contribution is 2.33. The van der Waals surface area contributed by atoms with Gasteiger partial charge in [-0.3, -0.25) is 9.59 Å². The van der Waals surface area contributed by atoms with E-state index in [1.54, 1.807) is 13.1 Å². The molecule has 1 heterocycles. The summed E-state index contributed by atoms with van der Waals surface area (Å²) in [6.07, 6.45) is -0.649. The second-order valence-electron chi connectivity index (χ2n) is 5.60. The summed E-state index contributed by atoms with van der Waals surface area (Å²) < 4.78 is 6.72. The zero-order valence-electron chi connectivity index (χ0n) is 13.7. The molecular weight excluding hydrogens is 433 g/mol. The number of rotatable bonds is 4. The minimum absolute atomic E-state index is 0.138. The number of hydrogen-bond donors (Lipinski definition) is 2. The molecule has 6 nitrogen and oxygen atoms in total. The molecule has 2 N–H and O–H groups in total. The lowest BCUT2D eigenvalue weighted by Gasteiger charge is -2.35. The molecule has 0 aliphatic carbocycles. The quantitative estimate of drug-likeness (QED) is 0.700. The highest BCUT2D eigenvalue weighted by atomic mass is 127. The van der Waals surface area contributed by atoms with Crippen molar-refractivity contribution in [2.75, 3.05) is 30.4 Å². The van der Waals surface area contributed by atoms with E-state index in [-0.39, 0.29) is 18.4 Å². The van der Waals surface area contributed by atoms with E-state index in [1.807, 2.05) is 47.4 Å². The van der Waals surface area contributed by atoms with E-state index in [4.69, 9.17) is 4.74 Å². The number of ether oxygens (including phenoxy) is 1. The van der Waals surface area contributed by atoms with Crippen LogP contribution in [0, 0.1) is 3.57 Å². The Kier molecular flexibility index (Phi) is 5.42. The lowest BCUT2D eigenvalue weighted by molar-refractivity contribution is -0.127. The standard InChI is InChI=1S/C18H18IN3O3/c1-20-18(24)16-10-22(14-8-4-5-9-15(14)25-16)11-17(23)21-13-7-3-2-6-12(13)19/h2-9,16H,10-11H2,1H3,(H,20,24)(H,21,23)/t16-/m1/s1. The van der Waals surface area contributed by atoms with Gasteiger partial charge < -0.3 is 20.3 Å². The molecule has 0 spiro atoms. The number of halogens is 1. The Labute approximate surface area is 159 Å². The third-order valence-electron chi connectivity index (χ3n) is 3.88. The first-order chi connectivity index (χ1) is 12.1. The lowest BCUT2D eigenvalue weighted by Crippen LogP contribution is -2.50. The summed E-state index contributed by atoms with van der Waals surface area (Å²) in [6, 6.07) is 15.0. The maximum absolute atomic E-state index is 12.5. The van der Waals surface area contributed by atoms with E-state index in [1.165, 1.54) is 0 Å². The first-order valence-electron chi connectivity index (χ1n) is 7.85. The van der Waals surface area contributed by atoms with Crippen molar-refractivity contribution in [1.29, 1.82) is 0 Å². The smallest absolute Gasteiger partial charge is 0.262 e. The Bertz CT molecular complexity index is 797. The third-order valence-corrected chi connectivity index (χ3v) is 4.82. The number of carbonyl (C=O) groups excluding carboxylic acids is 2. The average Bonchev–Trinajstić information content (AvgIpc) is 2.62. The van der Waals surface area contributed by atoms with Crippen molar-refractivity contribution in [3.63, 3.8) is 0 Å². The normalized spacial score (nSPS) is 15.8. The molecule has 0 bridgehead atoms. The highest BCUT2D eigenvalue weighted by Gasteiger charge is 2.31. The summed E-state index contributed by atoms with van der Waals surface area (Å²) in [4.78, 5) is 26.3. The highest BCUT2D eigenvalue weighted by molar-refractivity contribution is 14.1. The summed E-state index contributed by atoms with van der Waals surface area (Å²) in [5.74, 6) is 0.249. The molecule has 0 aromatic heterocycles. The fourth-order valence-corrected chi connectivity index (χ4v) is 3.20. The molecule has 7 heteroatoms. The predicted molar refractivity (Wildman–Crippen MR) is 105 cm³/mol. The molecule has 1 aliphatic heterocycles. The van der Waals surface area contributed by atoms with Crippen LogP contribution in [0.15, 0.2) is 48.5 Å². The molecule has 1 aliphatic rings. The maximum atomic E-state index is 12.5. The van der Waals surface area contributed by atoms with Gasteiger partial charge >= 0.3 is 0 Å². The molecule has 3 rings (SSSR count). The van der Waals surface area contributed by atoms with E-state index in [9.17, 15) is 9.59 Å². The van der Waals surface area contributed by atoms with E-state index in [0.717, 1.165) is 14.9 Å². The van der Waals surface area contributed by atoms with E-state index in [0.29, 0.717) is 12.3 Å². The second-order valence-corrected chi connectivity index (χ2v) is 6.76. The van der Waals surface area contributed by atoms with E-state index in [2.05, 4.69) is 33.2 Å². The number of nitrogens with one attached hydrogen (secondary N) is 2. The lowest BCUT2D eigenvalue weighted by atomic mass is 10.1.